The lowest BCUT2D eigenvalue weighted by molar-refractivity contribution is -0.137. The number of hydrogen-bond donors (Lipinski definition) is 0. The minimum atomic E-state index is -4.39. The molecule has 1 aliphatic heterocycles. The maximum absolute atomic E-state index is 12.5. The van der Waals surface area contributed by atoms with Crippen molar-refractivity contribution in [3.8, 4) is 0 Å². The third-order valence-electron chi connectivity index (χ3n) is 3.74. The molecule has 25 heavy (non-hydrogen) atoms. The summed E-state index contributed by atoms with van der Waals surface area (Å²) >= 11 is 0. The van der Waals surface area contributed by atoms with Gasteiger partial charge >= 0.3 is 6.18 Å². The van der Waals surface area contributed by atoms with Crippen LogP contribution in [0, 0.1) is 0 Å². The zero-order chi connectivity index (χ0) is 17.9. The Bertz CT molecular complexity index is 742. The summed E-state index contributed by atoms with van der Waals surface area (Å²) in [6.07, 6.45) is -0.444. The molecule has 0 radical (unpaired) electrons. The molecular formula is C16H14F3N3O3. The number of alkyl halides is 3. The van der Waals surface area contributed by atoms with E-state index < -0.39 is 17.8 Å². The second-order valence-electron chi connectivity index (χ2n) is 5.36. The van der Waals surface area contributed by atoms with Crippen LogP contribution < -0.4 is 0 Å². The average Bonchev–Trinajstić information content (AvgIpc) is 3.14. The number of halogens is 3. The number of morpholine rings is 1. The SMILES string of the molecule is O=C(C=Cc1ccc(C(F)(F)F)cc1)N1CCOCC1c1ncon1. The number of hydrogen-bond acceptors (Lipinski definition) is 5. The lowest BCUT2D eigenvalue weighted by Crippen LogP contribution is -2.43. The number of amides is 1. The van der Waals surface area contributed by atoms with E-state index in [0.717, 1.165) is 12.1 Å². The fourth-order valence-electron chi connectivity index (χ4n) is 2.45. The van der Waals surface area contributed by atoms with Crippen molar-refractivity contribution in [2.24, 2.45) is 0 Å². The van der Waals surface area contributed by atoms with Crippen LogP contribution in [-0.2, 0) is 15.7 Å². The lowest BCUT2D eigenvalue weighted by Gasteiger charge is -2.32. The van der Waals surface area contributed by atoms with Crippen molar-refractivity contribution in [2.45, 2.75) is 12.2 Å². The summed E-state index contributed by atoms with van der Waals surface area (Å²) in [4.78, 5) is 17.9. The normalized spacial score (nSPS) is 18.7. The van der Waals surface area contributed by atoms with Gasteiger partial charge in [-0.3, -0.25) is 4.79 Å². The van der Waals surface area contributed by atoms with Gasteiger partial charge in [-0.05, 0) is 23.8 Å². The molecule has 1 amide bonds. The summed E-state index contributed by atoms with van der Waals surface area (Å²) in [6, 6.07) is 4.10. The molecule has 2 aromatic rings. The van der Waals surface area contributed by atoms with E-state index in [-0.39, 0.29) is 12.5 Å². The predicted molar refractivity (Wildman–Crippen MR) is 80.0 cm³/mol. The number of carbonyl (C=O) groups is 1. The van der Waals surface area contributed by atoms with Crippen LogP contribution in [0.4, 0.5) is 13.2 Å². The van der Waals surface area contributed by atoms with Crippen LogP contribution in [0.15, 0.2) is 41.3 Å². The highest BCUT2D eigenvalue weighted by molar-refractivity contribution is 5.92. The molecule has 1 aliphatic rings. The van der Waals surface area contributed by atoms with E-state index in [2.05, 4.69) is 10.1 Å². The van der Waals surface area contributed by atoms with Gasteiger partial charge in [-0.15, -0.1) is 0 Å². The van der Waals surface area contributed by atoms with Crippen molar-refractivity contribution in [3.05, 3.63) is 53.7 Å². The highest BCUT2D eigenvalue weighted by Crippen LogP contribution is 2.29. The molecule has 1 atom stereocenters. The molecular weight excluding hydrogens is 339 g/mol. The fourth-order valence-corrected chi connectivity index (χ4v) is 2.45. The maximum atomic E-state index is 12.5. The number of carbonyl (C=O) groups excluding carboxylic acids is 1. The summed E-state index contributed by atoms with van der Waals surface area (Å²) in [7, 11) is 0. The van der Waals surface area contributed by atoms with E-state index in [4.69, 9.17) is 9.26 Å². The van der Waals surface area contributed by atoms with Crippen LogP contribution in [0.25, 0.3) is 6.08 Å². The zero-order valence-electron chi connectivity index (χ0n) is 12.9. The first kappa shape index (κ1) is 17.2. The van der Waals surface area contributed by atoms with Crippen molar-refractivity contribution in [2.75, 3.05) is 19.8 Å². The van der Waals surface area contributed by atoms with E-state index in [1.54, 1.807) is 0 Å². The van der Waals surface area contributed by atoms with Crippen LogP contribution in [0.3, 0.4) is 0 Å². The van der Waals surface area contributed by atoms with Gasteiger partial charge in [0.15, 0.2) is 5.82 Å². The molecule has 1 unspecified atom stereocenters. The highest BCUT2D eigenvalue weighted by atomic mass is 19.4. The van der Waals surface area contributed by atoms with Crippen LogP contribution in [0.5, 0.6) is 0 Å². The first-order valence-corrected chi connectivity index (χ1v) is 7.45. The minimum Gasteiger partial charge on any atom is -0.377 e. The second kappa shape index (κ2) is 7.06. The first-order valence-electron chi connectivity index (χ1n) is 7.45. The fraction of sp³-hybridized carbons (Fsp3) is 0.312. The molecule has 0 aliphatic carbocycles. The maximum Gasteiger partial charge on any atom is 0.416 e. The number of nitrogens with zero attached hydrogens (tertiary/aromatic N) is 3. The second-order valence-corrected chi connectivity index (χ2v) is 5.36. The number of benzene rings is 1. The van der Waals surface area contributed by atoms with E-state index in [1.807, 2.05) is 0 Å². The monoisotopic (exact) mass is 353 g/mol. The summed E-state index contributed by atoms with van der Waals surface area (Å²) in [5.74, 6) is 0.0361. The highest BCUT2D eigenvalue weighted by Gasteiger charge is 2.31. The standard InChI is InChI=1S/C16H14F3N3O3/c17-16(18,19)12-4-1-11(2-5-12)3-6-14(23)22-7-8-24-9-13(22)15-20-10-25-21-15/h1-6,10,13H,7-9H2. The first-order chi connectivity index (χ1) is 11.9. The average molecular weight is 353 g/mol. The quantitative estimate of drug-likeness (QED) is 0.794. The van der Waals surface area contributed by atoms with Gasteiger partial charge in [0.1, 0.15) is 6.04 Å². The predicted octanol–water partition coefficient (Wildman–Crippen LogP) is 2.70. The number of ether oxygens (including phenoxy) is 1. The van der Waals surface area contributed by atoms with E-state index in [0.29, 0.717) is 24.5 Å². The Hall–Kier alpha value is -2.68. The molecule has 1 aromatic heterocycles. The Kier molecular flexibility index (Phi) is 4.84. The van der Waals surface area contributed by atoms with E-state index in [1.165, 1.54) is 35.6 Å². The van der Waals surface area contributed by atoms with Gasteiger partial charge in [0, 0.05) is 12.6 Å². The summed E-state index contributed by atoms with van der Waals surface area (Å²) < 4.78 is 47.7. The minimum absolute atomic E-state index is 0.249. The van der Waals surface area contributed by atoms with Gasteiger partial charge < -0.3 is 14.2 Å². The summed E-state index contributed by atoms with van der Waals surface area (Å²) in [5.41, 5.74) is -0.243. The van der Waals surface area contributed by atoms with E-state index in [9.17, 15) is 18.0 Å². The third kappa shape index (κ3) is 4.05. The molecule has 3 rings (SSSR count). The number of aromatic nitrogens is 2. The molecule has 0 saturated carbocycles. The van der Waals surface area contributed by atoms with Crippen molar-refractivity contribution in [1.82, 2.24) is 15.0 Å². The van der Waals surface area contributed by atoms with Crippen LogP contribution in [0.1, 0.15) is 23.0 Å². The van der Waals surface area contributed by atoms with Gasteiger partial charge in [-0.1, -0.05) is 17.3 Å². The topological polar surface area (TPSA) is 68.5 Å². The Morgan fingerprint density at radius 2 is 2.04 bits per heavy atom. The largest absolute Gasteiger partial charge is 0.416 e. The summed E-state index contributed by atoms with van der Waals surface area (Å²) in [5, 5.41) is 3.73. The lowest BCUT2D eigenvalue weighted by atomic mass is 10.1. The molecule has 6 nitrogen and oxygen atoms in total. The molecule has 0 N–H and O–H groups in total. The molecule has 1 saturated heterocycles. The van der Waals surface area contributed by atoms with Gasteiger partial charge in [0.05, 0.1) is 18.8 Å². The van der Waals surface area contributed by atoms with Gasteiger partial charge in [-0.25, -0.2) is 0 Å². The molecule has 2 heterocycles. The van der Waals surface area contributed by atoms with Crippen molar-refractivity contribution < 1.29 is 27.2 Å². The molecule has 9 heteroatoms. The zero-order valence-corrected chi connectivity index (χ0v) is 12.9. The van der Waals surface area contributed by atoms with Crippen LogP contribution in [-0.4, -0.2) is 40.7 Å². The van der Waals surface area contributed by atoms with Crippen molar-refractivity contribution >= 4 is 12.0 Å². The van der Waals surface area contributed by atoms with Crippen LogP contribution in [0.2, 0.25) is 0 Å². The van der Waals surface area contributed by atoms with Crippen molar-refractivity contribution in [1.29, 1.82) is 0 Å². The molecule has 1 aromatic carbocycles. The Morgan fingerprint density at radius 1 is 1.28 bits per heavy atom. The Balaban J connectivity index is 1.71. The smallest absolute Gasteiger partial charge is 0.377 e. The molecule has 0 bridgehead atoms. The van der Waals surface area contributed by atoms with Gasteiger partial charge in [0.2, 0.25) is 12.3 Å². The Labute approximate surface area is 140 Å². The van der Waals surface area contributed by atoms with Gasteiger partial charge in [-0.2, -0.15) is 18.2 Å². The number of rotatable bonds is 3. The van der Waals surface area contributed by atoms with Crippen molar-refractivity contribution in [3.63, 3.8) is 0 Å². The van der Waals surface area contributed by atoms with Crippen LogP contribution >= 0.6 is 0 Å². The Morgan fingerprint density at radius 3 is 2.68 bits per heavy atom. The van der Waals surface area contributed by atoms with E-state index >= 15 is 0 Å². The summed E-state index contributed by atoms with van der Waals surface area (Å²) in [6.45, 7) is 0.989. The van der Waals surface area contributed by atoms with Gasteiger partial charge in [0.25, 0.3) is 0 Å². The third-order valence-corrected chi connectivity index (χ3v) is 3.74. The molecule has 132 valence electrons. The molecule has 0 spiro atoms. The molecule has 1 fully saturated rings.